The predicted molar refractivity (Wildman–Crippen MR) is 40.4 cm³/mol. The molecule has 1 aliphatic carbocycles. The fraction of sp³-hybridized carbons (Fsp3) is 0.333. The molecule has 9 heavy (non-hydrogen) atoms. The SMILES string of the molecule is C=C(O)C[C@@]1(S)C=C1N. The van der Waals surface area contributed by atoms with Gasteiger partial charge < -0.3 is 10.8 Å². The summed E-state index contributed by atoms with van der Waals surface area (Å²) in [5, 5.41) is 8.71. The van der Waals surface area contributed by atoms with Crippen LogP contribution in [-0.4, -0.2) is 9.85 Å². The van der Waals surface area contributed by atoms with E-state index in [1.54, 1.807) is 6.08 Å². The average Bonchev–Trinajstić information content (AvgIpc) is 2.10. The molecule has 0 unspecified atom stereocenters. The van der Waals surface area contributed by atoms with Gasteiger partial charge in [0.1, 0.15) is 0 Å². The highest BCUT2D eigenvalue weighted by Gasteiger charge is 2.38. The van der Waals surface area contributed by atoms with Crippen LogP contribution in [0, 0.1) is 0 Å². The maximum atomic E-state index is 8.71. The molecule has 0 bridgehead atoms. The van der Waals surface area contributed by atoms with Crippen LogP contribution in [0.25, 0.3) is 0 Å². The Kier molecular flexibility index (Phi) is 1.24. The van der Waals surface area contributed by atoms with Gasteiger partial charge in [0.2, 0.25) is 0 Å². The maximum Gasteiger partial charge on any atom is 0.0872 e. The molecule has 2 nitrogen and oxygen atoms in total. The summed E-state index contributed by atoms with van der Waals surface area (Å²) in [5.74, 6) is 0.127. The van der Waals surface area contributed by atoms with E-state index in [0.29, 0.717) is 6.42 Å². The highest BCUT2D eigenvalue weighted by Crippen LogP contribution is 2.41. The van der Waals surface area contributed by atoms with E-state index >= 15 is 0 Å². The summed E-state index contributed by atoms with van der Waals surface area (Å²) in [6.07, 6.45) is 2.22. The molecule has 0 aromatic rings. The minimum atomic E-state index is -0.355. The molecule has 0 saturated carbocycles. The fourth-order valence-electron chi connectivity index (χ4n) is 0.685. The smallest absolute Gasteiger partial charge is 0.0872 e. The molecule has 50 valence electrons. The van der Waals surface area contributed by atoms with E-state index in [9.17, 15) is 0 Å². The third-order valence-electron chi connectivity index (χ3n) is 1.28. The zero-order chi connectivity index (χ0) is 7.07. The standard InChI is InChI=1S/C6H9NOS/c1-4(8)2-6(9)3-5(6)7/h3,8-9H,1-2,7H2/t6-/m1/s1. The minimum Gasteiger partial charge on any atom is -0.513 e. The van der Waals surface area contributed by atoms with Crippen LogP contribution in [0.1, 0.15) is 6.42 Å². The Morgan fingerprint density at radius 3 is 2.56 bits per heavy atom. The van der Waals surface area contributed by atoms with Crippen LogP contribution in [-0.2, 0) is 0 Å². The number of rotatable bonds is 2. The summed E-state index contributed by atoms with van der Waals surface area (Å²) in [7, 11) is 0. The van der Waals surface area contributed by atoms with Crippen molar-refractivity contribution in [2.75, 3.05) is 0 Å². The van der Waals surface area contributed by atoms with Gasteiger partial charge in [-0.05, 0) is 6.08 Å². The Hall–Kier alpha value is -0.570. The molecule has 1 rings (SSSR count). The first-order chi connectivity index (χ1) is 4.04. The molecule has 3 N–H and O–H groups in total. The molecular formula is C6H9NOS. The first-order valence-electron chi connectivity index (χ1n) is 2.62. The third kappa shape index (κ3) is 1.21. The molecule has 0 saturated heterocycles. The van der Waals surface area contributed by atoms with Crippen molar-refractivity contribution in [1.29, 1.82) is 0 Å². The Morgan fingerprint density at radius 2 is 2.44 bits per heavy atom. The van der Waals surface area contributed by atoms with Crippen LogP contribution < -0.4 is 5.73 Å². The molecule has 1 aliphatic rings. The highest BCUT2D eigenvalue weighted by molar-refractivity contribution is 7.82. The third-order valence-corrected chi connectivity index (χ3v) is 1.83. The lowest BCUT2D eigenvalue weighted by atomic mass is 10.2. The highest BCUT2D eigenvalue weighted by atomic mass is 32.1. The lowest BCUT2D eigenvalue weighted by Gasteiger charge is -2.06. The molecular weight excluding hydrogens is 134 g/mol. The molecule has 0 radical (unpaired) electrons. The largest absolute Gasteiger partial charge is 0.513 e. The van der Waals surface area contributed by atoms with Crippen LogP contribution in [0.15, 0.2) is 24.1 Å². The summed E-state index contributed by atoms with van der Waals surface area (Å²) in [5.41, 5.74) is 6.10. The quantitative estimate of drug-likeness (QED) is 0.398. The number of nitrogens with two attached hydrogens (primary N) is 1. The van der Waals surface area contributed by atoms with Crippen molar-refractivity contribution in [3.8, 4) is 0 Å². The van der Waals surface area contributed by atoms with Crippen molar-refractivity contribution in [3.05, 3.63) is 24.1 Å². The first-order valence-corrected chi connectivity index (χ1v) is 3.07. The van der Waals surface area contributed by atoms with Gasteiger partial charge >= 0.3 is 0 Å². The molecule has 0 aromatic carbocycles. The number of hydrogen-bond acceptors (Lipinski definition) is 3. The van der Waals surface area contributed by atoms with Crippen LogP contribution >= 0.6 is 12.6 Å². The van der Waals surface area contributed by atoms with Gasteiger partial charge in [0.25, 0.3) is 0 Å². The summed E-state index contributed by atoms with van der Waals surface area (Å²) in [6.45, 7) is 3.33. The summed E-state index contributed by atoms with van der Waals surface area (Å²) >= 11 is 4.16. The van der Waals surface area contributed by atoms with Crippen LogP contribution in [0.4, 0.5) is 0 Å². The second-order valence-corrected chi connectivity index (χ2v) is 3.06. The Bertz CT molecular complexity index is 187. The Balaban J connectivity index is 2.40. The number of aliphatic hydroxyl groups excluding tert-OH is 1. The fourth-order valence-corrected chi connectivity index (χ4v) is 1.01. The molecule has 0 aliphatic heterocycles. The summed E-state index contributed by atoms with van der Waals surface area (Å²) in [6, 6.07) is 0. The molecule has 0 fully saturated rings. The second kappa shape index (κ2) is 1.70. The average molecular weight is 143 g/mol. The van der Waals surface area contributed by atoms with Crippen LogP contribution in [0.5, 0.6) is 0 Å². The minimum absolute atomic E-state index is 0.127. The van der Waals surface area contributed by atoms with Crippen molar-refractivity contribution in [1.82, 2.24) is 0 Å². The van der Waals surface area contributed by atoms with Gasteiger partial charge in [-0.25, -0.2) is 0 Å². The van der Waals surface area contributed by atoms with E-state index in [1.807, 2.05) is 0 Å². The summed E-state index contributed by atoms with van der Waals surface area (Å²) in [4.78, 5) is 0. The lowest BCUT2D eigenvalue weighted by molar-refractivity contribution is 0.389. The number of thiol groups is 1. The van der Waals surface area contributed by atoms with Crippen molar-refractivity contribution in [3.63, 3.8) is 0 Å². The van der Waals surface area contributed by atoms with Crippen molar-refractivity contribution >= 4 is 12.6 Å². The van der Waals surface area contributed by atoms with E-state index in [-0.39, 0.29) is 10.5 Å². The molecule has 1 atom stereocenters. The van der Waals surface area contributed by atoms with Gasteiger partial charge in [0.15, 0.2) is 0 Å². The summed E-state index contributed by atoms with van der Waals surface area (Å²) < 4.78 is -0.355. The van der Waals surface area contributed by atoms with Gasteiger partial charge in [-0.3, -0.25) is 0 Å². The van der Waals surface area contributed by atoms with E-state index in [4.69, 9.17) is 10.8 Å². The van der Waals surface area contributed by atoms with Gasteiger partial charge in [0, 0.05) is 12.1 Å². The van der Waals surface area contributed by atoms with Crippen molar-refractivity contribution < 1.29 is 5.11 Å². The topological polar surface area (TPSA) is 46.2 Å². The molecule has 0 amide bonds. The number of aliphatic hydroxyl groups is 1. The normalized spacial score (nSPS) is 31.4. The van der Waals surface area contributed by atoms with Gasteiger partial charge in [-0.1, -0.05) is 6.58 Å². The van der Waals surface area contributed by atoms with Gasteiger partial charge in [-0.2, -0.15) is 12.6 Å². The van der Waals surface area contributed by atoms with Crippen LogP contribution in [0.2, 0.25) is 0 Å². The number of hydrogen-bond donors (Lipinski definition) is 3. The van der Waals surface area contributed by atoms with Crippen LogP contribution in [0.3, 0.4) is 0 Å². The molecule has 0 aromatic heterocycles. The van der Waals surface area contributed by atoms with Crippen molar-refractivity contribution in [2.45, 2.75) is 11.2 Å². The Morgan fingerprint density at radius 1 is 2.00 bits per heavy atom. The van der Waals surface area contributed by atoms with E-state index in [0.717, 1.165) is 5.70 Å². The second-order valence-electron chi connectivity index (χ2n) is 2.27. The first kappa shape index (κ1) is 6.55. The van der Waals surface area contributed by atoms with E-state index in [1.165, 1.54) is 0 Å². The number of allylic oxidation sites excluding steroid dienone is 1. The van der Waals surface area contributed by atoms with Gasteiger partial charge in [-0.15, -0.1) is 0 Å². The molecule has 0 spiro atoms. The predicted octanol–water partition coefficient (Wildman–Crippen LogP) is 0.973. The van der Waals surface area contributed by atoms with Gasteiger partial charge in [0.05, 0.1) is 10.5 Å². The Labute approximate surface area is 59.5 Å². The lowest BCUT2D eigenvalue weighted by Crippen LogP contribution is -2.09. The monoisotopic (exact) mass is 143 g/mol. The zero-order valence-electron chi connectivity index (χ0n) is 4.96. The zero-order valence-corrected chi connectivity index (χ0v) is 5.86. The van der Waals surface area contributed by atoms with Crippen molar-refractivity contribution in [2.24, 2.45) is 5.73 Å². The van der Waals surface area contributed by atoms with E-state index < -0.39 is 0 Å². The molecule has 3 heteroatoms. The molecule has 0 heterocycles. The maximum absolute atomic E-state index is 8.71. The van der Waals surface area contributed by atoms with E-state index in [2.05, 4.69) is 19.2 Å².